The average molecular weight is 384 g/mol. The molecule has 0 atom stereocenters. The third-order valence-corrected chi connectivity index (χ3v) is 5.16. The van der Waals surface area contributed by atoms with Crippen LogP contribution in [0.3, 0.4) is 0 Å². The van der Waals surface area contributed by atoms with Gasteiger partial charge in [0.1, 0.15) is 18.6 Å². The Labute approximate surface area is 168 Å². The van der Waals surface area contributed by atoms with Gasteiger partial charge in [-0.3, -0.25) is 9.56 Å². The number of allylic oxidation sites excluding steroid dienone is 1. The second-order valence-corrected chi connectivity index (χ2v) is 7.33. The van der Waals surface area contributed by atoms with Crippen LogP contribution >= 0.6 is 0 Å². The van der Waals surface area contributed by atoms with Crippen LogP contribution in [0, 0.1) is 18.8 Å². The van der Waals surface area contributed by atoms with Crippen LogP contribution < -0.4 is 0 Å². The zero-order chi connectivity index (χ0) is 20.0. The predicted molar refractivity (Wildman–Crippen MR) is 110 cm³/mol. The molecule has 0 aliphatic carbocycles. The molecular formula is C22H20N6O. The van der Waals surface area contributed by atoms with E-state index >= 15 is 0 Å². The molecule has 1 aromatic carbocycles. The van der Waals surface area contributed by atoms with Crippen molar-refractivity contribution in [3.8, 4) is 28.9 Å². The number of aliphatic imine (C=N–C) groups is 1. The molecule has 7 heteroatoms. The molecule has 7 nitrogen and oxygen atoms in total. The number of aryl methyl sites for hydroxylation is 1. The quantitative estimate of drug-likeness (QED) is 0.498. The van der Waals surface area contributed by atoms with E-state index in [9.17, 15) is 0 Å². The van der Waals surface area contributed by atoms with Crippen molar-refractivity contribution < 1.29 is 4.74 Å². The Kier molecular flexibility index (Phi) is 4.14. The normalized spacial score (nSPS) is 14.2. The molecule has 0 unspecified atom stereocenters. The van der Waals surface area contributed by atoms with Gasteiger partial charge >= 0.3 is 0 Å². The minimum absolute atomic E-state index is 0.396. The third-order valence-electron chi connectivity index (χ3n) is 5.16. The summed E-state index contributed by atoms with van der Waals surface area (Å²) in [6.07, 6.45) is 4.48. The van der Waals surface area contributed by atoms with Crippen molar-refractivity contribution in [3.63, 3.8) is 0 Å². The molecular weight excluding hydrogens is 364 g/mol. The second kappa shape index (κ2) is 6.83. The maximum atomic E-state index is 5.34. The predicted octanol–water partition coefficient (Wildman–Crippen LogP) is 3.05. The highest BCUT2D eigenvalue weighted by Crippen LogP contribution is 2.33. The van der Waals surface area contributed by atoms with E-state index in [1.165, 1.54) is 5.56 Å². The van der Waals surface area contributed by atoms with Crippen LogP contribution in [-0.4, -0.2) is 37.1 Å². The van der Waals surface area contributed by atoms with E-state index in [0.717, 1.165) is 52.0 Å². The van der Waals surface area contributed by atoms with Crippen molar-refractivity contribution in [2.75, 3.05) is 7.11 Å². The maximum absolute atomic E-state index is 5.34. The average Bonchev–Trinajstić information content (AvgIpc) is 3.39. The molecule has 0 fully saturated rings. The van der Waals surface area contributed by atoms with Gasteiger partial charge in [0.15, 0.2) is 11.6 Å². The van der Waals surface area contributed by atoms with E-state index in [0.29, 0.717) is 13.2 Å². The number of rotatable bonds is 2. The Bertz CT molecular complexity index is 1250. The van der Waals surface area contributed by atoms with E-state index in [2.05, 4.69) is 66.3 Å². The molecule has 29 heavy (non-hydrogen) atoms. The van der Waals surface area contributed by atoms with Crippen LogP contribution in [0.25, 0.3) is 17.1 Å². The largest absolute Gasteiger partial charge is 0.377 e. The minimum atomic E-state index is 0.396. The van der Waals surface area contributed by atoms with Gasteiger partial charge in [-0.05, 0) is 31.9 Å². The third kappa shape index (κ3) is 2.98. The fourth-order valence-electron chi connectivity index (χ4n) is 3.73. The first-order chi connectivity index (χ1) is 14.1. The lowest BCUT2D eigenvalue weighted by Gasteiger charge is -2.08. The molecule has 2 aromatic heterocycles. The van der Waals surface area contributed by atoms with E-state index in [-0.39, 0.29) is 0 Å². The van der Waals surface area contributed by atoms with Crippen molar-refractivity contribution in [1.29, 1.82) is 0 Å². The Morgan fingerprint density at radius 2 is 2.07 bits per heavy atom. The first-order valence-electron chi connectivity index (χ1n) is 9.47. The molecule has 0 spiro atoms. The molecule has 0 radical (unpaired) electrons. The van der Waals surface area contributed by atoms with Gasteiger partial charge in [0.2, 0.25) is 0 Å². The smallest absolute Gasteiger partial charge is 0.166 e. The van der Waals surface area contributed by atoms with Crippen LogP contribution in [0.15, 0.2) is 41.3 Å². The number of nitrogens with zero attached hydrogens (tertiary/aromatic N) is 6. The van der Waals surface area contributed by atoms with Crippen molar-refractivity contribution in [2.45, 2.75) is 33.4 Å². The number of benzene rings is 1. The van der Waals surface area contributed by atoms with Crippen LogP contribution in [-0.2, 0) is 17.9 Å². The van der Waals surface area contributed by atoms with Crippen molar-refractivity contribution in [3.05, 3.63) is 59.1 Å². The van der Waals surface area contributed by atoms with Gasteiger partial charge in [0.05, 0.1) is 17.9 Å². The Balaban J connectivity index is 1.66. The van der Waals surface area contributed by atoms with E-state index < -0.39 is 0 Å². The highest BCUT2D eigenvalue weighted by atomic mass is 16.5. The number of hydrogen-bond donors (Lipinski definition) is 0. The first-order valence-corrected chi connectivity index (χ1v) is 9.47. The first kappa shape index (κ1) is 17.6. The number of aromatic nitrogens is 5. The van der Waals surface area contributed by atoms with Crippen LogP contribution in [0.2, 0.25) is 0 Å². The van der Waals surface area contributed by atoms with Gasteiger partial charge in [0, 0.05) is 36.6 Å². The number of methoxy groups -OCH3 is 1. The minimum Gasteiger partial charge on any atom is -0.377 e. The van der Waals surface area contributed by atoms with E-state index in [1.54, 1.807) is 7.11 Å². The standard InChI is InChI=1S/C22H20N6O/c1-14-4-7-19-17(8-14)22-26-25-21(12-29-3)27(22)11-20-18(24-13-28(19)20)6-5-16-9-15(2)23-10-16/h4,7-8,10,13H,9,11-12H2,1-3H3. The van der Waals surface area contributed by atoms with Gasteiger partial charge in [0.25, 0.3) is 0 Å². The summed E-state index contributed by atoms with van der Waals surface area (Å²) in [5, 5.41) is 8.83. The van der Waals surface area contributed by atoms with E-state index in [4.69, 9.17) is 4.74 Å². The van der Waals surface area contributed by atoms with Gasteiger partial charge in [-0.25, -0.2) is 4.98 Å². The molecule has 0 bridgehead atoms. The Morgan fingerprint density at radius 1 is 1.17 bits per heavy atom. The van der Waals surface area contributed by atoms with Crippen molar-refractivity contribution in [1.82, 2.24) is 24.3 Å². The summed E-state index contributed by atoms with van der Waals surface area (Å²) in [6, 6.07) is 6.33. The SMILES string of the molecule is COCc1nnc2n1Cc1c(C#CC3=CN=C(C)C3)ncn1-c1ccc(C)cc1-2. The number of hydrogen-bond acceptors (Lipinski definition) is 5. The summed E-state index contributed by atoms with van der Waals surface area (Å²) in [6.45, 7) is 5.06. The summed E-state index contributed by atoms with van der Waals surface area (Å²) in [7, 11) is 1.66. The lowest BCUT2D eigenvalue weighted by Crippen LogP contribution is -2.09. The zero-order valence-electron chi connectivity index (χ0n) is 16.6. The summed E-state index contributed by atoms with van der Waals surface area (Å²) >= 11 is 0. The van der Waals surface area contributed by atoms with Crippen molar-refractivity contribution >= 4 is 5.71 Å². The summed E-state index contributed by atoms with van der Waals surface area (Å²) in [5.74, 6) is 8.10. The van der Waals surface area contributed by atoms with Crippen LogP contribution in [0.5, 0.6) is 0 Å². The highest BCUT2D eigenvalue weighted by Gasteiger charge is 2.25. The lowest BCUT2D eigenvalue weighted by atomic mass is 10.1. The number of imidazole rings is 1. The topological polar surface area (TPSA) is 70.1 Å². The number of fused-ring (bicyclic) bond motifs is 5. The van der Waals surface area contributed by atoms with Crippen LogP contribution in [0.1, 0.15) is 36.1 Å². The second-order valence-electron chi connectivity index (χ2n) is 7.33. The van der Waals surface area contributed by atoms with Crippen molar-refractivity contribution in [2.24, 2.45) is 4.99 Å². The maximum Gasteiger partial charge on any atom is 0.166 e. The molecule has 2 aliphatic heterocycles. The fraction of sp³-hybridized carbons (Fsp3) is 0.273. The molecule has 5 rings (SSSR count). The molecule has 0 saturated heterocycles. The Hall–Kier alpha value is -3.50. The summed E-state index contributed by atoms with van der Waals surface area (Å²) in [4.78, 5) is 8.92. The molecule has 2 aliphatic rings. The van der Waals surface area contributed by atoms with E-state index in [1.807, 2.05) is 19.5 Å². The summed E-state index contributed by atoms with van der Waals surface area (Å²) in [5.41, 5.74) is 7.08. The Morgan fingerprint density at radius 3 is 2.86 bits per heavy atom. The molecule has 4 heterocycles. The van der Waals surface area contributed by atoms with Gasteiger partial charge in [-0.15, -0.1) is 10.2 Å². The van der Waals surface area contributed by atoms with Gasteiger partial charge < -0.3 is 9.30 Å². The molecule has 144 valence electrons. The molecule has 0 N–H and O–H groups in total. The summed E-state index contributed by atoms with van der Waals surface area (Å²) < 4.78 is 9.53. The molecule has 0 amide bonds. The monoisotopic (exact) mass is 384 g/mol. The highest BCUT2D eigenvalue weighted by molar-refractivity contribution is 5.88. The van der Waals surface area contributed by atoms with Gasteiger partial charge in [-0.2, -0.15) is 0 Å². The molecule has 0 saturated carbocycles. The van der Waals surface area contributed by atoms with Gasteiger partial charge in [-0.1, -0.05) is 17.6 Å². The fourth-order valence-corrected chi connectivity index (χ4v) is 3.73. The number of ether oxygens (including phenoxy) is 1. The molecule has 3 aromatic rings. The lowest BCUT2D eigenvalue weighted by molar-refractivity contribution is 0.174. The zero-order valence-corrected chi connectivity index (χ0v) is 16.6. The van der Waals surface area contributed by atoms with Crippen LogP contribution in [0.4, 0.5) is 0 Å².